The molecule has 0 aliphatic carbocycles. The number of likely N-dealkylation sites (tertiary alicyclic amines) is 1. The summed E-state index contributed by atoms with van der Waals surface area (Å²) in [5.74, 6) is 1.01. The number of methoxy groups -OCH3 is 1. The molecule has 4 heteroatoms. The fraction of sp³-hybridized carbons (Fsp3) is 0.409. The third kappa shape index (κ3) is 4.85. The van der Waals surface area contributed by atoms with Crippen molar-refractivity contribution in [2.24, 2.45) is 0 Å². The number of piperidine rings is 1. The monoisotopic (exact) mass is 352 g/mol. The summed E-state index contributed by atoms with van der Waals surface area (Å²) >= 11 is 0. The van der Waals surface area contributed by atoms with E-state index in [1.54, 1.807) is 7.11 Å². The van der Waals surface area contributed by atoms with E-state index in [2.05, 4.69) is 35.2 Å². The molecule has 2 aromatic rings. The molecule has 0 aromatic heterocycles. The van der Waals surface area contributed by atoms with Crippen LogP contribution in [-0.4, -0.2) is 49.0 Å². The summed E-state index contributed by atoms with van der Waals surface area (Å²) in [5.41, 5.74) is 2.39. The topological polar surface area (TPSA) is 32.8 Å². The van der Waals surface area contributed by atoms with Gasteiger partial charge in [-0.15, -0.1) is 0 Å². The summed E-state index contributed by atoms with van der Waals surface area (Å²) in [6, 6.07) is 18.7. The van der Waals surface area contributed by atoms with E-state index >= 15 is 0 Å². The molecule has 26 heavy (non-hydrogen) atoms. The lowest BCUT2D eigenvalue weighted by molar-refractivity contribution is -0.132. The van der Waals surface area contributed by atoms with Gasteiger partial charge >= 0.3 is 0 Å². The minimum absolute atomic E-state index is 0.191. The van der Waals surface area contributed by atoms with Crippen molar-refractivity contribution < 1.29 is 9.53 Å². The van der Waals surface area contributed by atoms with Crippen molar-refractivity contribution in [3.05, 3.63) is 65.7 Å². The van der Waals surface area contributed by atoms with E-state index in [0.717, 1.165) is 43.8 Å². The average molecular weight is 352 g/mol. The number of ether oxygens (including phenoxy) is 1. The van der Waals surface area contributed by atoms with Crippen molar-refractivity contribution in [2.45, 2.75) is 31.8 Å². The van der Waals surface area contributed by atoms with Crippen molar-refractivity contribution >= 4 is 5.91 Å². The smallest absolute Gasteiger partial charge is 0.226 e. The van der Waals surface area contributed by atoms with Crippen LogP contribution < -0.4 is 4.74 Å². The lowest BCUT2D eigenvalue weighted by Gasteiger charge is -2.37. The molecule has 1 heterocycles. The Hall–Kier alpha value is -2.33. The second kappa shape index (κ2) is 8.86. The van der Waals surface area contributed by atoms with E-state index in [0.29, 0.717) is 12.5 Å². The van der Waals surface area contributed by atoms with Crippen molar-refractivity contribution in [3.63, 3.8) is 0 Å². The number of hydrogen-bond acceptors (Lipinski definition) is 3. The van der Waals surface area contributed by atoms with Crippen LogP contribution in [0.4, 0.5) is 0 Å². The number of carbonyl (C=O) groups is 1. The van der Waals surface area contributed by atoms with E-state index in [9.17, 15) is 4.79 Å². The van der Waals surface area contributed by atoms with Gasteiger partial charge in [0.25, 0.3) is 0 Å². The first-order valence-corrected chi connectivity index (χ1v) is 9.30. The van der Waals surface area contributed by atoms with Gasteiger partial charge in [0, 0.05) is 32.7 Å². The quantitative estimate of drug-likeness (QED) is 0.799. The van der Waals surface area contributed by atoms with Crippen LogP contribution in [-0.2, 0) is 17.8 Å². The minimum atomic E-state index is 0.191. The maximum absolute atomic E-state index is 12.6. The molecule has 1 saturated heterocycles. The summed E-state index contributed by atoms with van der Waals surface area (Å²) < 4.78 is 5.17. The van der Waals surface area contributed by atoms with Gasteiger partial charge in [-0.1, -0.05) is 42.5 Å². The molecule has 0 bridgehead atoms. The third-order valence-corrected chi connectivity index (χ3v) is 5.26. The third-order valence-electron chi connectivity index (χ3n) is 5.26. The molecule has 138 valence electrons. The Labute approximate surface area is 156 Å². The summed E-state index contributed by atoms with van der Waals surface area (Å²) in [5, 5.41) is 0. The lowest BCUT2D eigenvalue weighted by Crippen LogP contribution is -2.45. The highest BCUT2D eigenvalue weighted by molar-refractivity contribution is 5.78. The van der Waals surface area contributed by atoms with Gasteiger partial charge in [0.05, 0.1) is 13.5 Å². The minimum Gasteiger partial charge on any atom is -0.497 e. The van der Waals surface area contributed by atoms with Gasteiger partial charge in [-0.25, -0.2) is 0 Å². The van der Waals surface area contributed by atoms with Crippen LogP contribution >= 0.6 is 0 Å². The van der Waals surface area contributed by atoms with Gasteiger partial charge in [-0.05, 0) is 36.1 Å². The first-order chi connectivity index (χ1) is 12.7. The van der Waals surface area contributed by atoms with Crippen molar-refractivity contribution in [2.75, 3.05) is 27.2 Å². The zero-order chi connectivity index (χ0) is 18.4. The second-order valence-electron chi connectivity index (χ2n) is 7.02. The molecule has 0 atom stereocenters. The van der Waals surface area contributed by atoms with Crippen molar-refractivity contribution in [1.82, 2.24) is 9.80 Å². The number of amides is 1. The Morgan fingerprint density at radius 3 is 2.31 bits per heavy atom. The van der Waals surface area contributed by atoms with E-state index in [1.807, 2.05) is 36.2 Å². The highest BCUT2D eigenvalue weighted by Gasteiger charge is 2.25. The molecule has 1 aliphatic rings. The zero-order valence-electron chi connectivity index (χ0n) is 15.7. The highest BCUT2D eigenvalue weighted by atomic mass is 16.5. The van der Waals surface area contributed by atoms with Crippen LogP contribution in [0.15, 0.2) is 54.6 Å². The second-order valence-corrected chi connectivity index (χ2v) is 7.02. The molecule has 0 radical (unpaired) electrons. The Balaban J connectivity index is 1.47. The summed E-state index contributed by atoms with van der Waals surface area (Å²) in [4.78, 5) is 17.0. The number of carbonyl (C=O) groups excluding carboxylic acids is 1. The molecule has 0 saturated carbocycles. The average Bonchev–Trinajstić information content (AvgIpc) is 2.69. The molecule has 0 spiro atoms. The van der Waals surface area contributed by atoms with Gasteiger partial charge < -0.3 is 9.64 Å². The molecule has 1 fully saturated rings. The SMILES string of the molecule is COc1ccc(CC(=O)N(C)C2CCN(Cc3ccccc3)CC2)cc1. The number of nitrogens with zero attached hydrogens (tertiary/aromatic N) is 2. The van der Waals surface area contributed by atoms with Gasteiger partial charge in [-0.2, -0.15) is 0 Å². The Morgan fingerprint density at radius 1 is 1.04 bits per heavy atom. The summed E-state index contributed by atoms with van der Waals surface area (Å²) in [7, 11) is 3.60. The van der Waals surface area contributed by atoms with Gasteiger partial charge in [0.15, 0.2) is 0 Å². The summed E-state index contributed by atoms with van der Waals surface area (Å²) in [6.07, 6.45) is 2.53. The van der Waals surface area contributed by atoms with Crippen LogP contribution in [0, 0.1) is 0 Å². The molecular weight excluding hydrogens is 324 g/mol. The van der Waals surface area contributed by atoms with Crippen molar-refractivity contribution in [3.8, 4) is 5.75 Å². The maximum atomic E-state index is 12.6. The fourth-order valence-corrected chi connectivity index (χ4v) is 3.55. The lowest BCUT2D eigenvalue weighted by atomic mass is 10.0. The predicted octanol–water partition coefficient (Wildman–Crippen LogP) is 3.36. The Bertz CT molecular complexity index is 692. The first-order valence-electron chi connectivity index (χ1n) is 9.30. The van der Waals surface area contributed by atoms with Crippen LogP contribution in [0.25, 0.3) is 0 Å². The fourth-order valence-electron chi connectivity index (χ4n) is 3.55. The van der Waals surface area contributed by atoms with E-state index in [1.165, 1.54) is 5.56 Å². The number of hydrogen-bond donors (Lipinski definition) is 0. The molecule has 4 nitrogen and oxygen atoms in total. The van der Waals surface area contributed by atoms with E-state index < -0.39 is 0 Å². The standard InChI is InChI=1S/C22H28N2O2/c1-23(22(25)16-18-8-10-21(26-2)11-9-18)20-12-14-24(15-13-20)17-19-6-4-3-5-7-19/h3-11,20H,12-17H2,1-2H3. The summed E-state index contributed by atoms with van der Waals surface area (Å²) in [6.45, 7) is 3.08. The molecule has 0 N–H and O–H groups in total. The molecule has 1 amide bonds. The van der Waals surface area contributed by atoms with Crippen LogP contribution in [0.2, 0.25) is 0 Å². The van der Waals surface area contributed by atoms with E-state index in [-0.39, 0.29) is 5.91 Å². The zero-order valence-corrected chi connectivity index (χ0v) is 15.7. The first kappa shape index (κ1) is 18.5. The number of benzene rings is 2. The van der Waals surface area contributed by atoms with Crippen LogP contribution in [0.1, 0.15) is 24.0 Å². The van der Waals surface area contributed by atoms with Crippen molar-refractivity contribution in [1.29, 1.82) is 0 Å². The number of rotatable bonds is 6. The van der Waals surface area contributed by atoms with Gasteiger partial charge in [-0.3, -0.25) is 9.69 Å². The molecule has 3 rings (SSSR count). The molecular formula is C22H28N2O2. The number of likely N-dealkylation sites (N-methyl/N-ethyl adjacent to an activating group) is 1. The van der Waals surface area contributed by atoms with Gasteiger partial charge in [0.1, 0.15) is 5.75 Å². The molecule has 0 unspecified atom stereocenters. The van der Waals surface area contributed by atoms with Crippen LogP contribution in [0.3, 0.4) is 0 Å². The Kier molecular flexibility index (Phi) is 6.29. The Morgan fingerprint density at radius 2 is 1.69 bits per heavy atom. The van der Waals surface area contributed by atoms with Gasteiger partial charge in [0.2, 0.25) is 5.91 Å². The maximum Gasteiger partial charge on any atom is 0.226 e. The molecule has 2 aromatic carbocycles. The highest BCUT2D eigenvalue weighted by Crippen LogP contribution is 2.19. The largest absolute Gasteiger partial charge is 0.497 e. The van der Waals surface area contributed by atoms with Crippen LogP contribution in [0.5, 0.6) is 5.75 Å². The predicted molar refractivity (Wildman–Crippen MR) is 104 cm³/mol. The van der Waals surface area contributed by atoms with E-state index in [4.69, 9.17) is 4.74 Å². The normalized spacial score (nSPS) is 15.6. The molecule has 1 aliphatic heterocycles.